The van der Waals surface area contributed by atoms with Crippen LogP contribution in [-0.4, -0.2) is 43.9 Å². The van der Waals surface area contributed by atoms with Crippen molar-refractivity contribution in [1.82, 2.24) is 5.32 Å². The van der Waals surface area contributed by atoms with Crippen molar-refractivity contribution in [2.75, 3.05) is 14.2 Å². The Morgan fingerprint density at radius 3 is 2.19 bits per heavy atom. The molecule has 1 aromatic carbocycles. The molecule has 0 radical (unpaired) electrons. The van der Waals surface area contributed by atoms with Gasteiger partial charge >= 0.3 is 18.0 Å². The van der Waals surface area contributed by atoms with E-state index in [1.54, 1.807) is 20.8 Å². The highest BCUT2D eigenvalue weighted by Crippen LogP contribution is 2.40. The number of amides is 1. The average molecular weight is 363 g/mol. The first-order chi connectivity index (χ1) is 12.2. The van der Waals surface area contributed by atoms with E-state index in [0.717, 1.165) is 11.1 Å². The molecule has 1 N–H and O–H groups in total. The third-order valence-electron chi connectivity index (χ3n) is 4.26. The van der Waals surface area contributed by atoms with Crippen LogP contribution in [0.1, 0.15) is 37.8 Å². The Bertz CT molecular complexity index is 678. The van der Waals surface area contributed by atoms with Crippen LogP contribution in [0.2, 0.25) is 0 Å². The van der Waals surface area contributed by atoms with Crippen LogP contribution >= 0.6 is 0 Å². The predicted octanol–water partition coefficient (Wildman–Crippen LogP) is 2.18. The van der Waals surface area contributed by atoms with Crippen LogP contribution in [0.5, 0.6) is 0 Å². The largest absolute Gasteiger partial charge is 0.468 e. The summed E-state index contributed by atoms with van der Waals surface area (Å²) in [5.74, 6) is -3.17. The molecule has 0 heterocycles. The van der Waals surface area contributed by atoms with Gasteiger partial charge < -0.3 is 19.5 Å². The molecule has 0 saturated carbocycles. The number of hydrogen-bond acceptors (Lipinski definition) is 6. The molecule has 0 unspecified atom stereocenters. The van der Waals surface area contributed by atoms with Gasteiger partial charge in [-0.05, 0) is 38.3 Å². The Labute approximate surface area is 153 Å². The molecule has 0 spiro atoms. The lowest BCUT2D eigenvalue weighted by Crippen LogP contribution is -2.46. The van der Waals surface area contributed by atoms with Gasteiger partial charge in [-0.25, -0.2) is 4.79 Å². The molecular formula is C19H25NO6. The van der Waals surface area contributed by atoms with Gasteiger partial charge in [0.2, 0.25) is 0 Å². The van der Waals surface area contributed by atoms with Crippen molar-refractivity contribution in [2.24, 2.45) is 5.92 Å². The molecule has 142 valence electrons. The minimum Gasteiger partial charge on any atom is -0.468 e. The van der Waals surface area contributed by atoms with Crippen LogP contribution in [0, 0.1) is 5.92 Å². The van der Waals surface area contributed by atoms with Crippen molar-refractivity contribution in [2.45, 2.75) is 44.8 Å². The van der Waals surface area contributed by atoms with E-state index in [-0.39, 0.29) is 0 Å². The van der Waals surface area contributed by atoms with E-state index in [0.29, 0.717) is 6.42 Å². The number of hydrogen-bond donors (Lipinski definition) is 1. The molecule has 1 aliphatic rings. The van der Waals surface area contributed by atoms with E-state index in [9.17, 15) is 14.4 Å². The number of esters is 2. The van der Waals surface area contributed by atoms with Gasteiger partial charge in [0.25, 0.3) is 0 Å². The maximum atomic E-state index is 12.3. The normalized spacial score (nSPS) is 18.8. The van der Waals surface area contributed by atoms with E-state index in [1.807, 2.05) is 24.3 Å². The van der Waals surface area contributed by atoms with Gasteiger partial charge in [-0.2, -0.15) is 0 Å². The first-order valence-electron chi connectivity index (χ1n) is 8.41. The van der Waals surface area contributed by atoms with Crippen molar-refractivity contribution in [3.63, 3.8) is 0 Å². The second-order valence-electron chi connectivity index (χ2n) is 7.21. The molecular weight excluding hydrogens is 338 g/mol. The highest BCUT2D eigenvalue weighted by atomic mass is 16.6. The van der Waals surface area contributed by atoms with Crippen molar-refractivity contribution in [1.29, 1.82) is 0 Å². The summed E-state index contributed by atoms with van der Waals surface area (Å²) in [6.45, 7) is 5.29. The number of fused-ring (bicyclic) bond motifs is 1. The van der Waals surface area contributed by atoms with Gasteiger partial charge in [-0.3, -0.25) is 9.59 Å². The number of methoxy groups -OCH3 is 2. The molecule has 2 rings (SSSR count). The Morgan fingerprint density at radius 2 is 1.65 bits per heavy atom. The first kappa shape index (κ1) is 19.8. The summed E-state index contributed by atoms with van der Waals surface area (Å²) in [6.07, 6.45) is -0.126. The van der Waals surface area contributed by atoms with Crippen molar-refractivity contribution in [3.05, 3.63) is 35.4 Å². The topological polar surface area (TPSA) is 90.9 Å². The van der Waals surface area contributed by atoms with Crippen molar-refractivity contribution in [3.8, 4) is 0 Å². The smallest absolute Gasteiger partial charge is 0.407 e. The second kappa shape index (κ2) is 7.76. The van der Waals surface area contributed by atoms with Crippen LogP contribution in [0.15, 0.2) is 24.3 Å². The molecule has 0 saturated heterocycles. The third-order valence-corrected chi connectivity index (χ3v) is 4.26. The summed E-state index contributed by atoms with van der Waals surface area (Å²) in [5.41, 5.74) is 1.11. The minimum absolute atomic E-state index is 0.477. The number of rotatable bonds is 4. The summed E-state index contributed by atoms with van der Waals surface area (Å²) < 4.78 is 14.9. The fourth-order valence-corrected chi connectivity index (χ4v) is 3.28. The fourth-order valence-electron chi connectivity index (χ4n) is 3.28. The fraction of sp³-hybridized carbons (Fsp3) is 0.526. The third kappa shape index (κ3) is 4.33. The van der Waals surface area contributed by atoms with Crippen molar-refractivity contribution >= 4 is 18.0 Å². The number of benzene rings is 1. The quantitative estimate of drug-likeness (QED) is 0.501. The molecule has 26 heavy (non-hydrogen) atoms. The lowest BCUT2D eigenvalue weighted by molar-refractivity contribution is -0.160. The van der Waals surface area contributed by atoms with Crippen LogP contribution < -0.4 is 5.32 Å². The number of carbonyl (C=O) groups is 3. The van der Waals surface area contributed by atoms with Gasteiger partial charge in [-0.15, -0.1) is 0 Å². The SMILES string of the molecule is COC(=O)C(C(=O)OC)[C@@H]1c2ccccc2C[C@H]1NC(=O)OC(C)(C)C. The lowest BCUT2D eigenvalue weighted by atomic mass is 9.84. The number of alkyl carbamates (subject to hydrolysis) is 1. The minimum atomic E-state index is -1.17. The van der Waals surface area contributed by atoms with E-state index in [2.05, 4.69) is 5.32 Å². The average Bonchev–Trinajstić information content (AvgIpc) is 2.90. The summed E-state index contributed by atoms with van der Waals surface area (Å²) >= 11 is 0. The summed E-state index contributed by atoms with van der Waals surface area (Å²) in [5, 5.41) is 2.79. The van der Waals surface area contributed by atoms with E-state index < -0.39 is 41.5 Å². The van der Waals surface area contributed by atoms with Crippen LogP contribution in [0.4, 0.5) is 4.79 Å². The summed E-state index contributed by atoms with van der Waals surface area (Å²) in [4.78, 5) is 36.9. The molecule has 2 atom stereocenters. The van der Waals surface area contributed by atoms with E-state index in [4.69, 9.17) is 14.2 Å². The van der Waals surface area contributed by atoms with Crippen LogP contribution in [0.3, 0.4) is 0 Å². The van der Waals surface area contributed by atoms with E-state index >= 15 is 0 Å². The van der Waals surface area contributed by atoms with Gasteiger partial charge in [0, 0.05) is 12.0 Å². The molecule has 7 nitrogen and oxygen atoms in total. The van der Waals surface area contributed by atoms with Crippen LogP contribution in [-0.2, 0) is 30.2 Å². The first-order valence-corrected chi connectivity index (χ1v) is 8.41. The Morgan fingerprint density at radius 1 is 1.08 bits per heavy atom. The number of nitrogens with one attached hydrogen (secondary N) is 1. The Kier molecular flexibility index (Phi) is 5.90. The predicted molar refractivity (Wildman–Crippen MR) is 93.6 cm³/mol. The molecule has 1 amide bonds. The molecule has 0 fully saturated rings. The van der Waals surface area contributed by atoms with Gasteiger partial charge in [0.05, 0.1) is 14.2 Å². The maximum absolute atomic E-state index is 12.3. The summed E-state index contributed by atoms with van der Waals surface area (Å²) in [6, 6.07) is 6.95. The molecule has 0 aliphatic heterocycles. The number of ether oxygens (including phenoxy) is 3. The monoisotopic (exact) mass is 363 g/mol. The molecule has 0 bridgehead atoms. The van der Waals surface area contributed by atoms with Gasteiger partial charge in [0.15, 0.2) is 5.92 Å². The maximum Gasteiger partial charge on any atom is 0.407 e. The number of carbonyl (C=O) groups excluding carboxylic acids is 3. The standard InChI is InChI=1S/C19H25NO6/c1-19(2,3)26-18(23)20-13-10-11-8-6-7-9-12(11)14(13)15(16(21)24-4)17(22)25-5/h6-9,13-15H,10H2,1-5H3,(H,20,23)/t13-,14-/m1/s1. The zero-order valence-electron chi connectivity index (χ0n) is 15.7. The molecule has 1 aliphatic carbocycles. The van der Waals surface area contributed by atoms with Crippen LogP contribution in [0.25, 0.3) is 0 Å². The lowest BCUT2D eigenvalue weighted by Gasteiger charge is -2.28. The highest BCUT2D eigenvalue weighted by molar-refractivity contribution is 5.96. The Hall–Kier alpha value is -2.57. The van der Waals surface area contributed by atoms with E-state index in [1.165, 1.54) is 14.2 Å². The van der Waals surface area contributed by atoms with Crippen molar-refractivity contribution < 1.29 is 28.6 Å². The molecule has 1 aromatic rings. The van der Waals surface area contributed by atoms with Gasteiger partial charge in [0.1, 0.15) is 5.60 Å². The summed E-state index contributed by atoms with van der Waals surface area (Å²) in [7, 11) is 2.44. The zero-order valence-corrected chi connectivity index (χ0v) is 15.7. The highest BCUT2D eigenvalue weighted by Gasteiger charge is 2.47. The Balaban J connectivity index is 2.37. The zero-order chi connectivity index (χ0) is 19.5. The molecule has 7 heteroatoms. The second-order valence-corrected chi connectivity index (χ2v) is 7.21. The molecule has 0 aromatic heterocycles. The van der Waals surface area contributed by atoms with Gasteiger partial charge in [-0.1, -0.05) is 24.3 Å².